The second-order valence-electron chi connectivity index (χ2n) is 10.1. The summed E-state index contributed by atoms with van der Waals surface area (Å²) in [5, 5.41) is 22.6. The van der Waals surface area contributed by atoms with Crippen molar-refractivity contribution in [1.82, 2.24) is 14.5 Å². The summed E-state index contributed by atoms with van der Waals surface area (Å²) in [6.07, 6.45) is -1.54. The lowest BCUT2D eigenvalue weighted by Gasteiger charge is -2.22. The molecule has 4 rings (SSSR count). The molecule has 1 fully saturated rings. The van der Waals surface area contributed by atoms with E-state index in [9.17, 15) is 38.7 Å². The molecule has 45 heavy (non-hydrogen) atoms. The predicted molar refractivity (Wildman–Crippen MR) is 152 cm³/mol. The predicted octanol–water partition coefficient (Wildman–Crippen LogP) is 2.83. The van der Waals surface area contributed by atoms with Crippen LogP contribution in [0, 0.1) is 16.0 Å². The summed E-state index contributed by atoms with van der Waals surface area (Å²) in [6.45, 7) is 2.75. The highest BCUT2D eigenvalue weighted by atomic mass is 31.3. The number of nitrogen functional groups attached to an aromatic ring is 1. The Kier molecular flexibility index (Phi) is 10.6. The molecule has 3 heterocycles. The molecule has 0 amide bonds. The van der Waals surface area contributed by atoms with Gasteiger partial charge >= 0.3 is 23.5 Å². The summed E-state index contributed by atoms with van der Waals surface area (Å²) in [5.41, 5.74) is 7.20. The van der Waals surface area contributed by atoms with E-state index in [1.165, 1.54) is 17.0 Å². The number of benzene rings is 1. The molecule has 6 atom stereocenters. The van der Waals surface area contributed by atoms with Crippen molar-refractivity contribution >= 4 is 46.0 Å². The van der Waals surface area contributed by atoms with Gasteiger partial charge in [-0.3, -0.25) is 14.6 Å². The molecule has 1 aliphatic heterocycles. The molecule has 0 spiro atoms. The van der Waals surface area contributed by atoms with Crippen LogP contribution < -0.4 is 5.73 Å². The number of para-hydroxylation sites is 1. The largest absolute Gasteiger partial charge is 0.490 e. The average Bonchev–Trinajstić information content (AvgIpc) is 3.46. The van der Waals surface area contributed by atoms with Crippen LogP contribution in [0.2, 0.25) is 0 Å². The summed E-state index contributed by atoms with van der Waals surface area (Å²) in [4.78, 5) is 55.8. The Balaban J connectivity index is 1.52. The smallest absolute Gasteiger partial charge is 0.390 e. The van der Waals surface area contributed by atoms with Gasteiger partial charge in [-0.05, 0) is 12.0 Å². The Labute approximate surface area is 254 Å². The molecule has 7 N–H and O–H groups in total. The van der Waals surface area contributed by atoms with Gasteiger partial charge in [0.25, 0.3) is 5.69 Å². The van der Waals surface area contributed by atoms with E-state index in [0.717, 1.165) is 0 Å². The van der Waals surface area contributed by atoms with Gasteiger partial charge in [0.15, 0.2) is 0 Å². The molecule has 1 aromatic carbocycles. The van der Waals surface area contributed by atoms with Gasteiger partial charge in [-0.1, -0.05) is 26.0 Å². The summed E-state index contributed by atoms with van der Waals surface area (Å²) >= 11 is 0. The first kappa shape index (κ1) is 35.2. The molecule has 248 valence electrons. The second-order valence-corrected chi connectivity index (χ2v) is 14.5. The van der Waals surface area contributed by atoms with Crippen molar-refractivity contribution in [2.24, 2.45) is 5.92 Å². The second kappa shape index (κ2) is 13.6. The zero-order chi connectivity index (χ0) is 33.3. The van der Waals surface area contributed by atoms with Crippen molar-refractivity contribution in [3.8, 4) is 0 Å². The first-order valence-electron chi connectivity index (χ1n) is 12.9. The van der Waals surface area contributed by atoms with E-state index in [1.807, 2.05) is 13.8 Å². The average molecular weight is 697 g/mol. The maximum absolute atomic E-state index is 12.1. The number of nitro groups is 1. The van der Waals surface area contributed by atoms with Crippen LogP contribution >= 0.6 is 23.5 Å². The minimum atomic E-state index is -5.73. The van der Waals surface area contributed by atoms with Crippen LogP contribution in [0.3, 0.4) is 0 Å². The lowest BCUT2D eigenvalue weighted by molar-refractivity contribution is -0.386. The van der Waals surface area contributed by atoms with Crippen LogP contribution in [0.25, 0.3) is 11.0 Å². The van der Waals surface area contributed by atoms with Gasteiger partial charge < -0.3 is 44.5 Å². The molecule has 1 saturated heterocycles. The SMILES string of the molecule is CC(C)[C@H](OCc1cn([C@H]2CC(O)[C@@H](COP(=O)(O)OP(=O)(O)OP(=O)(O)O)O2)c2ncnc(N)c12)c1ccccc1[N+](=O)[O-]. The van der Waals surface area contributed by atoms with Gasteiger partial charge in [0.05, 0.1) is 41.3 Å². The molecule has 3 aromatic rings. The monoisotopic (exact) mass is 697 g/mol. The number of nitrogens with two attached hydrogens (primary N) is 1. The summed E-state index contributed by atoms with van der Waals surface area (Å²) in [7, 11) is -16.8. The normalized spacial score (nSPS) is 22.4. The number of nitrogens with zero attached hydrogens (tertiary/aromatic N) is 4. The van der Waals surface area contributed by atoms with Crippen LogP contribution in [-0.4, -0.2) is 63.0 Å². The topological polar surface area (TPSA) is 298 Å². The standard InChI is InChI=1S/C22H30N5O15P3/c1-12(2)20(14-5-3-4-6-15(14)27(29)30)38-9-13-8-26(22-19(13)21(23)24-11-25-22)18-7-16(28)17(40-18)10-39-44(34,35)42-45(36,37)41-43(31,32)33/h3-6,8,11-12,16-18,20,28H,7,9-10H2,1-2H3,(H,34,35)(H,36,37)(H2,23,24,25)(H2,31,32,33)/t16?,17-,18-,20+/m1/s1. The highest BCUT2D eigenvalue weighted by Gasteiger charge is 2.43. The summed E-state index contributed by atoms with van der Waals surface area (Å²) in [6, 6.07) is 6.22. The van der Waals surface area contributed by atoms with E-state index in [1.54, 1.807) is 24.4 Å². The third kappa shape index (κ3) is 8.78. The number of rotatable bonds is 14. The third-order valence-electron chi connectivity index (χ3n) is 6.51. The van der Waals surface area contributed by atoms with Gasteiger partial charge in [0, 0.05) is 24.2 Å². The number of phosphoric acid groups is 3. The molecular formula is C22H30N5O15P3. The van der Waals surface area contributed by atoms with Crippen molar-refractivity contribution in [2.45, 2.75) is 51.4 Å². The summed E-state index contributed by atoms with van der Waals surface area (Å²) in [5.74, 6) is -0.0800. The lowest BCUT2D eigenvalue weighted by atomic mass is 9.97. The van der Waals surface area contributed by atoms with Crippen LogP contribution in [0.15, 0.2) is 36.8 Å². The number of fused-ring (bicyclic) bond motifs is 1. The number of hydrogen-bond acceptors (Lipinski definition) is 14. The number of hydrogen-bond donors (Lipinski definition) is 6. The maximum atomic E-state index is 12.1. The molecule has 0 saturated carbocycles. The van der Waals surface area contributed by atoms with E-state index in [-0.39, 0.29) is 36.1 Å². The summed E-state index contributed by atoms with van der Waals surface area (Å²) < 4.78 is 59.9. The maximum Gasteiger partial charge on any atom is 0.490 e. The van der Waals surface area contributed by atoms with Gasteiger partial charge in [0.2, 0.25) is 0 Å². The van der Waals surface area contributed by atoms with Crippen molar-refractivity contribution in [1.29, 1.82) is 0 Å². The van der Waals surface area contributed by atoms with Crippen LogP contribution in [0.5, 0.6) is 0 Å². The van der Waals surface area contributed by atoms with Gasteiger partial charge in [0.1, 0.15) is 30.1 Å². The van der Waals surface area contributed by atoms with Crippen LogP contribution in [-0.2, 0) is 42.9 Å². The molecular weight excluding hydrogens is 667 g/mol. The number of anilines is 1. The molecule has 20 nitrogen and oxygen atoms in total. The van der Waals surface area contributed by atoms with Gasteiger partial charge in [-0.2, -0.15) is 8.62 Å². The molecule has 1 aliphatic rings. The van der Waals surface area contributed by atoms with Crippen molar-refractivity contribution < 1.29 is 65.9 Å². The fourth-order valence-corrected chi connectivity index (χ4v) is 7.77. The molecule has 0 bridgehead atoms. The van der Waals surface area contributed by atoms with E-state index < -0.39 is 59.5 Å². The minimum Gasteiger partial charge on any atom is -0.390 e. The van der Waals surface area contributed by atoms with E-state index in [4.69, 9.17) is 25.0 Å². The van der Waals surface area contributed by atoms with Crippen molar-refractivity contribution in [3.63, 3.8) is 0 Å². The molecule has 23 heteroatoms. The van der Waals surface area contributed by atoms with E-state index in [2.05, 4.69) is 23.1 Å². The van der Waals surface area contributed by atoms with Gasteiger partial charge in [-0.15, -0.1) is 0 Å². The van der Waals surface area contributed by atoms with Crippen LogP contribution in [0.1, 0.15) is 43.7 Å². The Morgan fingerprint density at radius 1 is 1.13 bits per heavy atom. The Morgan fingerprint density at radius 2 is 1.82 bits per heavy atom. The fourth-order valence-electron chi connectivity index (χ4n) is 4.74. The minimum absolute atomic E-state index is 0.0826. The number of ether oxygens (including phenoxy) is 2. The zero-order valence-electron chi connectivity index (χ0n) is 23.5. The Hall–Kier alpha value is -2.67. The lowest BCUT2D eigenvalue weighted by Crippen LogP contribution is -2.26. The van der Waals surface area contributed by atoms with E-state index >= 15 is 0 Å². The van der Waals surface area contributed by atoms with Crippen LogP contribution in [0.4, 0.5) is 11.5 Å². The quantitative estimate of drug-likeness (QED) is 0.0801. The van der Waals surface area contributed by atoms with E-state index in [0.29, 0.717) is 16.5 Å². The molecule has 0 aliphatic carbocycles. The fraction of sp³-hybridized carbons (Fsp3) is 0.455. The van der Waals surface area contributed by atoms with Crippen molar-refractivity contribution in [3.05, 3.63) is 58.0 Å². The highest BCUT2D eigenvalue weighted by Crippen LogP contribution is 2.66. The Morgan fingerprint density at radius 3 is 2.47 bits per heavy atom. The zero-order valence-corrected chi connectivity index (χ0v) is 26.2. The molecule has 3 unspecified atom stereocenters. The molecule has 2 aromatic heterocycles. The highest BCUT2D eigenvalue weighted by molar-refractivity contribution is 7.66. The number of aromatic nitrogens is 3. The number of aliphatic hydroxyl groups excluding tert-OH is 1. The first-order valence-corrected chi connectivity index (χ1v) is 17.5. The Bertz CT molecular complexity index is 1700. The number of phosphoric ester groups is 1. The van der Waals surface area contributed by atoms with Gasteiger partial charge in [-0.25, -0.2) is 23.7 Å². The first-order chi connectivity index (χ1) is 20.9. The molecule has 0 radical (unpaired) electrons. The third-order valence-corrected chi connectivity index (χ3v) is 10.3. The number of aliphatic hydroxyl groups is 1. The van der Waals surface area contributed by atoms with Crippen molar-refractivity contribution in [2.75, 3.05) is 12.3 Å². The number of nitro benzene ring substituents is 1.